The fraction of sp³-hybridized carbons (Fsp3) is 0.500. The van der Waals surface area contributed by atoms with Crippen LogP contribution in [0.5, 0.6) is 11.5 Å². The number of aromatic nitrogens is 2. The van der Waals surface area contributed by atoms with Crippen LogP contribution in [0.25, 0.3) is 11.4 Å². The number of carbonyl (C=O) groups excluding carboxylic acids is 1. The Morgan fingerprint density at radius 2 is 1.96 bits per heavy atom. The lowest BCUT2D eigenvalue weighted by Crippen LogP contribution is -2.37. The van der Waals surface area contributed by atoms with E-state index in [-0.39, 0.29) is 11.8 Å². The molecule has 0 radical (unpaired) electrons. The zero-order valence-corrected chi connectivity index (χ0v) is 15.2. The van der Waals surface area contributed by atoms with E-state index in [1.54, 1.807) is 32.4 Å². The van der Waals surface area contributed by atoms with Crippen molar-refractivity contribution in [3.63, 3.8) is 0 Å². The van der Waals surface area contributed by atoms with Gasteiger partial charge in [0.1, 0.15) is 0 Å². The van der Waals surface area contributed by atoms with Crippen molar-refractivity contribution in [3.05, 3.63) is 24.1 Å². The van der Waals surface area contributed by atoms with Gasteiger partial charge in [0.25, 0.3) is 0 Å². The highest BCUT2D eigenvalue weighted by atomic mass is 16.5. The summed E-state index contributed by atoms with van der Waals surface area (Å²) < 4.78 is 15.6. The third-order valence-corrected chi connectivity index (χ3v) is 4.42. The quantitative estimate of drug-likeness (QED) is 0.807. The molecule has 26 heavy (non-hydrogen) atoms. The van der Waals surface area contributed by atoms with Gasteiger partial charge < -0.3 is 24.2 Å². The Kier molecular flexibility index (Phi) is 6.06. The second-order valence-electron chi connectivity index (χ2n) is 6.15. The van der Waals surface area contributed by atoms with E-state index in [0.717, 1.165) is 19.6 Å². The molecule has 1 saturated heterocycles. The molecule has 1 aliphatic heterocycles. The van der Waals surface area contributed by atoms with Crippen LogP contribution in [0.3, 0.4) is 0 Å². The fourth-order valence-corrected chi connectivity index (χ4v) is 2.99. The molecule has 3 rings (SSSR count). The number of hydrogen-bond donors (Lipinski definition) is 1. The van der Waals surface area contributed by atoms with Gasteiger partial charge in [0.2, 0.25) is 5.82 Å². The van der Waals surface area contributed by atoms with E-state index >= 15 is 0 Å². The van der Waals surface area contributed by atoms with Gasteiger partial charge in [-0.2, -0.15) is 4.98 Å². The number of piperidine rings is 1. The van der Waals surface area contributed by atoms with Crippen molar-refractivity contribution in [2.75, 3.05) is 40.4 Å². The molecule has 1 amide bonds. The minimum absolute atomic E-state index is 0.0478. The van der Waals surface area contributed by atoms with E-state index in [1.165, 1.54) is 19.3 Å². The smallest absolute Gasteiger partial charge is 0.316 e. The summed E-state index contributed by atoms with van der Waals surface area (Å²) in [5.74, 6) is 1.08. The molecule has 1 fully saturated rings. The van der Waals surface area contributed by atoms with Crippen LogP contribution in [0, 0.1) is 0 Å². The number of carbonyl (C=O) groups is 1. The minimum Gasteiger partial charge on any atom is -0.493 e. The van der Waals surface area contributed by atoms with Crippen LogP contribution < -0.4 is 14.8 Å². The average molecular weight is 360 g/mol. The number of hydrogen-bond acceptors (Lipinski definition) is 7. The van der Waals surface area contributed by atoms with Gasteiger partial charge in [0.15, 0.2) is 11.5 Å². The Morgan fingerprint density at radius 1 is 1.19 bits per heavy atom. The van der Waals surface area contributed by atoms with Crippen LogP contribution in [0.15, 0.2) is 22.7 Å². The molecular formula is C18H24N4O4. The second kappa shape index (κ2) is 8.66. The first-order valence-electron chi connectivity index (χ1n) is 8.78. The number of nitrogens with zero attached hydrogens (tertiary/aromatic N) is 3. The maximum Gasteiger partial charge on any atom is 0.316 e. The van der Waals surface area contributed by atoms with Gasteiger partial charge in [0.05, 0.1) is 14.2 Å². The number of benzene rings is 1. The summed E-state index contributed by atoms with van der Waals surface area (Å²) in [6, 6.07) is 5.27. The summed E-state index contributed by atoms with van der Waals surface area (Å²) >= 11 is 0. The molecule has 0 atom stereocenters. The maximum absolute atomic E-state index is 12.2. The molecule has 2 aromatic rings. The Morgan fingerprint density at radius 3 is 2.69 bits per heavy atom. The van der Waals surface area contributed by atoms with Crippen molar-refractivity contribution in [2.45, 2.75) is 19.3 Å². The highest BCUT2D eigenvalue weighted by molar-refractivity contribution is 5.89. The third-order valence-electron chi connectivity index (χ3n) is 4.42. The summed E-state index contributed by atoms with van der Waals surface area (Å²) in [4.78, 5) is 18.7. The van der Waals surface area contributed by atoms with Crippen LogP contribution in [0.2, 0.25) is 0 Å². The van der Waals surface area contributed by atoms with Gasteiger partial charge in [-0.25, -0.2) is 0 Å². The van der Waals surface area contributed by atoms with Crippen LogP contribution in [0.1, 0.15) is 29.9 Å². The molecule has 0 saturated carbocycles. The van der Waals surface area contributed by atoms with Gasteiger partial charge in [-0.15, -0.1) is 0 Å². The number of rotatable bonds is 7. The molecule has 8 heteroatoms. The monoisotopic (exact) mass is 360 g/mol. The molecule has 2 heterocycles. The Bertz CT molecular complexity index is 741. The van der Waals surface area contributed by atoms with E-state index in [2.05, 4.69) is 20.4 Å². The highest BCUT2D eigenvalue weighted by Crippen LogP contribution is 2.31. The number of nitrogens with one attached hydrogen (secondary N) is 1. The number of ether oxygens (including phenoxy) is 2. The molecule has 1 aromatic heterocycles. The van der Waals surface area contributed by atoms with Crippen LogP contribution in [-0.4, -0.2) is 61.3 Å². The van der Waals surface area contributed by atoms with Crippen molar-refractivity contribution in [1.29, 1.82) is 0 Å². The summed E-state index contributed by atoms with van der Waals surface area (Å²) in [6.07, 6.45) is 3.75. The third kappa shape index (κ3) is 4.32. The second-order valence-corrected chi connectivity index (χ2v) is 6.15. The van der Waals surface area contributed by atoms with Crippen LogP contribution in [-0.2, 0) is 0 Å². The standard InChI is InChI=1S/C18H24N4O4/c1-24-14-7-6-13(12-15(14)25-2)16-20-18(26-21-16)17(23)19-8-11-22-9-4-3-5-10-22/h6-7,12H,3-5,8-11H2,1-2H3,(H,19,23). The first-order chi connectivity index (χ1) is 12.7. The van der Waals surface area contributed by atoms with E-state index < -0.39 is 0 Å². The topological polar surface area (TPSA) is 89.7 Å². The number of methoxy groups -OCH3 is 2. The van der Waals surface area contributed by atoms with Crippen LogP contribution >= 0.6 is 0 Å². The van der Waals surface area contributed by atoms with Crippen molar-refractivity contribution >= 4 is 5.91 Å². The van der Waals surface area contributed by atoms with Crippen molar-refractivity contribution in [3.8, 4) is 22.9 Å². The Labute approximate surface area is 152 Å². The summed E-state index contributed by atoms with van der Waals surface area (Å²) in [5.41, 5.74) is 0.679. The Balaban J connectivity index is 1.59. The lowest BCUT2D eigenvalue weighted by molar-refractivity contribution is 0.0903. The normalized spacial score (nSPS) is 14.8. The van der Waals surface area contributed by atoms with Crippen molar-refractivity contribution in [2.24, 2.45) is 0 Å². The minimum atomic E-state index is -0.360. The van der Waals surface area contributed by atoms with Gasteiger partial charge in [0, 0.05) is 18.7 Å². The molecule has 0 unspecified atom stereocenters. The molecular weight excluding hydrogens is 336 g/mol. The lowest BCUT2D eigenvalue weighted by atomic mass is 10.1. The molecule has 0 aliphatic carbocycles. The van der Waals surface area contributed by atoms with E-state index in [9.17, 15) is 4.79 Å². The first-order valence-corrected chi connectivity index (χ1v) is 8.78. The zero-order valence-electron chi connectivity index (χ0n) is 15.2. The van der Waals surface area contributed by atoms with Crippen molar-refractivity contribution in [1.82, 2.24) is 20.4 Å². The SMILES string of the molecule is COc1ccc(-c2noc(C(=O)NCCN3CCCCC3)n2)cc1OC. The highest BCUT2D eigenvalue weighted by Gasteiger charge is 2.18. The number of likely N-dealkylation sites (tertiary alicyclic amines) is 1. The van der Waals surface area contributed by atoms with Crippen LogP contribution in [0.4, 0.5) is 0 Å². The molecule has 1 N–H and O–H groups in total. The largest absolute Gasteiger partial charge is 0.493 e. The number of amides is 1. The van der Waals surface area contributed by atoms with E-state index in [4.69, 9.17) is 14.0 Å². The summed E-state index contributed by atoms with van der Waals surface area (Å²) in [7, 11) is 3.12. The van der Waals surface area contributed by atoms with Crippen molar-refractivity contribution < 1.29 is 18.8 Å². The van der Waals surface area contributed by atoms with Gasteiger partial charge in [-0.05, 0) is 44.1 Å². The predicted octanol–water partition coefficient (Wildman–Crippen LogP) is 1.97. The molecule has 0 spiro atoms. The van der Waals surface area contributed by atoms with Gasteiger partial charge in [-0.3, -0.25) is 4.79 Å². The first kappa shape index (κ1) is 18.2. The molecule has 8 nitrogen and oxygen atoms in total. The molecule has 1 aliphatic rings. The van der Waals surface area contributed by atoms with Gasteiger partial charge in [-0.1, -0.05) is 11.6 Å². The lowest BCUT2D eigenvalue weighted by Gasteiger charge is -2.26. The van der Waals surface area contributed by atoms with E-state index in [0.29, 0.717) is 29.4 Å². The summed E-state index contributed by atoms with van der Waals surface area (Å²) in [6.45, 7) is 3.59. The van der Waals surface area contributed by atoms with E-state index in [1.807, 2.05) is 0 Å². The maximum atomic E-state index is 12.2. The van der Waals surface area contributed by atoms with Gasteiger partial charge >= 0.3 is 11.8 Å². The molecule has 140 valence electrons. The summed E-state index contributed by atoms with van der Waals surface area (Å²) in [5, 5.41) is 6.71. The fourth-order valence-electron chi connectivity index (χ4n) is 2.99. The average Bonchev–Trinajstić information content (AvgIpc) is 3.18. The molecule has 0 bridgehead atoms. The zero-order chi connectivity index (χ0) is 18.4. The predicted molar refractivity (Wildman–Crippen MR) is 95.5 cm³/mol. The Hall–Kier alpha value is -2.61. The molecule has 1 aromatic carbocycles.